The second kappa shape index (κ2) is 44.7. The van der Waals surface area contributed by atoms with E-state index in [0.717, 1.165) is 18.8 Å². The van der Waals surface area contributed by atoms with Crippen LogP contribution >= 0.6 is 0 Å². The van der Waals surface area contributed by atoms with Crippen molar-refractivity contribution in [2.45, 2.75) is 104 Å². The Labute approximate surface area is 178 Å². The summed E-state index contributed by atoms with van der Waals surface area (Å²) in [7, 11) is 0. The molecule has 0 aliphatic carbocycles. The van der Waals surface area contributed by atoms with Crippen LogP contribution in [0.3, 0.4) is 0 Å². The largest absolute Gasteiger partial charge is 0.481 e. The van der Waals surface area contributed by atoms with E-state index in [4.69, 9.17) is 5.11 Å². The highest BCUT2D eigenvalue weighted by molar-refractivity contribution is 5.66. The van der Waals surface area contributed by atoms with Crippen LogP contribution in [0.2, 0.25) is 0 Å². The van der Waals surface area contributed by atoms with Gasteiger partial charge in [-0.3, -0.25) is 4.79 Å². The number of aliphatic carboxylic acids is 1. The Kier molecular flexibility index (Phi) is 59.4. The Morgan fingerprint density at radius 3 is 1.07 bits per heavy atom. The fraction of sp³-hybridized carbons (Fsp3) is 0.654. The molecule has 0 aromatic rings. The van der Waals surface area contributed by atoms with Crippen LogP contribution in [0.4, 0.5) is 0 Å². The van der Waals surface area contributed by atoms with E-state index in [1.54, 1.807) is 0 Å². The molecule has 28 heavy (non-hydrogen) atoms. The lowest BCUT2D eigenvalue weighted by Crippen LogP contribution is -1.93. The molecule has 0 saturated heterocycles. The highest BCUT2D eigenvalue weighted by Gasteiger charge is 1.97. The van der Waals surface area contributed by atoms with Gasteiger partial charge in [0, 0.05) is 6.42 Å². The molecule has 0 saturated carbocycles. The van der Waals surface area contributed by atoms with Crippen LogP contribution in [-0.2, 0) is 4.79 Å². The molecule has 0 aromatic carbocycles. The maximum absolute atomic E-state index is 10.3. The topological polar surface area (TPSA) is 37.3 Å². The van der Waals surface area contributed by atoms with Gasteiger partial charge in [-0.05, 0) is 12.3 Å². The quantitative estimate of drug-likeness (QED) is 0.221. The molecule has 0 unspecified atom stereocenters. The van der Waals surface area contributed by atoms with E-state index in [0.29, 0.717) is 6.42 Å². The molecule has 0 radical (unpaired) electrons. The zero-order valence-electron chi connectivity index (χ0n) is 19.5. The van der Waals surface area contributed by atoms with Crippen LogP contribution in [0, 0.1) is 5.92 Å². The Bertz CT molecular complexity index is 253. The number of hydrogen-bond acceptors (Lipinski definition) is 1. The van der Waals surface area contributed by atoms with Crippen LogP contribution in [0.1, 0.15) is 104 Å². The highest BCUT2D eigenvalue weighted by Crippen LogP contribution is 2.14. The molecule has 0 rings (SSSR count). The molecule has 0 aliphatic heterocycles. The molecular weight excluding hydrogens is 344 g/mol. The van der Waals surface area contributed by atoms with E-state index in [2.05, 4.69) is 66.5 Å². The molecule has 0 heterocycles. The van der Waals surface area contributed by atoms with Crippen molar-refractivity contribution in [2.24, 2.45) is 5.92 Å². The highest BCUT2D eigenvalue weighted by atomic mass is 16.4. The average Bonchev–Trinajstić information content (AvgIpc) is 2.73. The summed E-state index contributed by atoms with van der Waals surface area (Å²) in [6.07, 6.45) is 17.3. The van der Waals surface area contributed by atoms with Gasteiger partial charge in [-0.25, -0.2) is 0 Å². The number of unbranched alkanes of at least 4 members (excludes halogenated alkanes) is 11. The maximum Gasteiger partial charge on any atom is 0.303 e. The van der Waals surface area contributed by atoms with Crippen molar-refractivity contribution < 1.29 is 9.90 Å². The first-order chi connectivity index (χ1) is 13.6. The van der Waals surface area contributed by atoms with Crippen molar-refractivity contribution in [1.82, 2.24) is 0 Å². The molecule has 0 amide bonds. The zero-order chi connectivity index (χ0) is 23.1. The summed E-state index contributed by atoms with van der Waals surface area (Å²) >= 11 is 0. The predicted molar refractivity (Wildman–Crippen MR) is 132 cm³/mol. The number of carbonyl (C=O) groups is 1. The van der Waals surface area contributed by atoms with Crippen molar-refractivity contribution in [3.8, 4) is 0 Å². The Balaban J connectivity index is -0.000000194. The molecule has 2 heteroatoms. The maximum atomic E-state index is 10.3. The van der Waals surface area contributed by atoms with Crippen LogP contribution in [0.15, 0.2) is 52.6 Å². The van der Waals surface area contributed by atoms with Gasteiger partial charge in [0.2, 0.25) is 0 Å². The van der Waals surface area contributed by atoms with Crippen LogP contribution in [0.5, 0.6) is 0 Å². The van der Waals surface area contributed by atoms with Crippen molar-refractivity contribution in [2.75, 3.05) is 0 Å². The zero-order valence-corrected chi connectivity index (χ0v) is 19.5. The van der Waals surface area contributed by atoms with Gasteiger partial charge in [-0.15, -0.1) is 52.6 Å². The SMILES string of the molecule is C=C.C=C.C=C.C=C.CC(C)CCCCCCCCCCCCCCC(=O)O. The van der Waals surface area contributed by atoms with Gasteiger partial charge in [0.05, 0.1) is 0 Å². The third-order valence-corrected chi connectivity index (χ3v) is 3.92. The molecule has 0 spiro atoms. The minimum Gasteiger partial charge on any atom is -0.481 e. The van der Waals surface area contributed by atoms with Crippen molar-refractivity contribution in [3.05, 3.63) is 52.6 Å². The lowest BCUT2D eigenvalue weighted by atomic mass is 10.0. The lowest BCUT2D eigenvalue weighted by Gasteiger charge is -2.04. The van der Waals surface area contributed by atoms with Crippen LogP contribution < -0.4 is 0 Å². The lowest BCUT2D eigenvalue weighted by molar-refractivity contribution is -0.137. The van der Waals surface area contributed by atoms with Gasteiger partial charge in [-0.1, -0.05) is 90.9 Å². The molecule has 0 aromatic heterocycles. The first-order valence-electron chi connectivity index (χ1n) is 10.8. The van der Waals surface area contributed by atoms with Gasteiger partial charge in [0.25, 0.3) is 0 Å². The Morgan fingerprint density at radius 2 is 0.821 bits per heavy atom. The van der Waals surface area contributed by atoms with E-state index in [9.17, 15) is 4.79 Å². The number of carboxylic acids is 1. The van der Waals surface area contributed by atoms with E-state index >= 15 is 0 Å². The fourth-order valence-electron chi connectivity index (χ4n) is 2.60. The third kappa shape index (κ3) is 56.3. The summed E-state index contributed by atoms with van der Waals surface area (Å²) in [5, 5.41) is 8.52. The summed E-state index contributed by atoms with van der Waals surface area (Å²) < 4.78 is 0. The molecule has 2 nitrogen and oxygen atoms in total. The summed E-state index contributed by atoms with van der Waals surface area (Å²) in [6, 6.07) is 0. The average molecular weight is 397 g/mol. The van der Waals surface area contributed by atoms with Gasteiger partial charge < -0.3 is 5.11 Å². The number of hydrogen-bond donors (Lipinski definition) is 1. The first kappa shape index (κ1) is 37.2. The minimum absolute atomic E-state index is 0.344. The molecular formula is C26H52O2. The summed E-state index contributed by atoms with van der Waals surface area (Å²) in [6.45, 7) is 28.6. The second-order valence-corrected chi connectivity index (χ2v) is 6.57. The van der Waals surface area contributed by atoms with E-state index in [1.807, 2.05) is 0 Å². The van der Waals surface area contributed by atoms with Crippen LogP contribution in [-0.4, -0.2) is 11.1 Å². The Morgan fingerprint density at radius 1 is 0.571 bits per heavy atom. The third-order valence-electron chi connectivity index (χ3n) is 3.92. The van der Waals surface area contributed by atoms with Crippen LogP contribution in [0.25, 0.3) is 0 Å². The van der Waals surface area contributed by atoms with Gasteiger partial charge >= 0.3 is 5.97 Å². The first-order valence-corrected chi connectivity index (χ1v) is 10.8. The fourth-order valence-corrected chi connectivity index (χ4v) is 2.60. The van der Waals surface area contributed by atoms with Crippen molar-refractivity contribution in [1.29, 1.82) is 0 Å². The summed E-state index contributed by atoms with van der Waals surface area (Å²) in [4.78, 5) is 10.3. The molecule has 0 atom stereocenters. The smallest absolute Gasteiger partial charge is 0.303 e. The molecule has 1 N–H and O–H groups in total. The minimum atomic E-state index is -0.654. The normalized spacial score (nSPS) is 8.54. The standard InChI is InChI=1S/C18H36O2.4C2H4/c1-17(2)15-13-11-9-7-5-3-4-6-8-10-12-14-16-18(19)20;4*1-2/h17H,3-16H2,1-2H3,(H,19,20);4*1-2H2. The van der Waals surface area contributed by atoms with Gasteiger partial charge in [-0.2, -0.15) is 0 Å². The molecule has 0 aliphatic rings. The summed E-state index contributed by atoms with van der Waals surface area (Å²) in [5.41, 5.74) is 0. The second-order valence-electron chi connectivity index (χ2n) is 6.57. The van der Waals surface area contributed by atoms with Crippen molar-refractivity contribution in [3.63, 3.8) is 0 Å². The number of rotatable bonds is 15. The summed E-state index contributed by atoms with van der Waals surface area (Å²) in [5.74, 6) is 0.212. The van der Waals surface area contributed by atoms with Crippen molar-refractivity contribution >= 4 is 5.97 Å². The van der Waals surface area contributed by atoms with E-state index < -0.39 is 5.97 Å². The van der Waals surface area contributed by atoms with Gasteiger partial charge in [0.1, 0.15) is 0 Å². The van der Waals surface area contributed by atoms with Gasteiger partial charge in [0.15, 0.2) is 0 Å². The molecule has 0 fully saturated rings. The molecule has 0 bridgehead atoms. The van der Waals surface area contributed by atoms with E-state index in [-0.39, 0.29) is 0 Å². The predicted octanol–water partition coefficient (Wildman–Crippen LogP) is 9.40. The Hall–Kier alpha value is -1.57. The van der Waals surface area contributed by atoms with E-state index in [1.165, 1.54) is 70.6 Å². The number of carboxylic acid groups (broad SMARTS) is 1. The molecule has 168 valence electrons. The monoisotopic (exact) mass is 396 g/mol.